The van der Waals surface area contributed by atoms with Gasteiger partial charge in [0.15, 0.2) is 0 Å². The van der Waals surface area contributed by atoms with Gasteiger partial charge in [0, 0.05) is 16.8 Å². The standard InChI is InChI=1S/C14H18N2O2S2/c1-14(2,3)10-4-6-12(7-5-10)16-20(17,18)13-8-11(15)9-19-13/h4-9,16H,15H2,1-3H3. The van der Waals surface area contributed by atoms with Crippen molar-refractivity contribution in [3.05, 3.63) is 41.3 Å². The molecule has 3 N–H and O–H groups in total. The van der Waals surface area contributed by atoms with E-state index in [0.717, 1.165) is 16.9 Å². The van der Waals surface area contributed by atoms with Gasteiger partial charge < -0.3 is 5.73 Å². The van der Waals surface area contributed by atoms with Gasteiger partial charge in [0.2, 0.25) is 0 Å². The Kier molecular flexibility index (Phi) is 3.80. The number of anilines is 2. The second-order valence-corrected chi connectivity index (χ2v) is 8.45. The molecule has 4 nitrogen and oxygen atoms in total. The first-order valence-electron chi connectivity index (χ1n) is 6.16. The predicted octanol–water partition coefficient (Wildman–Crippen LogP) is 3.43. The summed E-state index contributed by atoms with van der Waals surface area (Å²) in [5.41, 5.74) is 7.75. The molecule has 1 aromatic carbocycles. The molecule has 0 amide bonds. The van der Waals surface area contributed by atoms with Gasteiger partial charge >= 0.3 is 0 Å². The molecular formula is C14H18N2O2S2. The van der Waals surface area contributed by atoms with Gasteiger partial charge in [-0.2, -0.15) is 0 Å². The van der Waals surface area contributed by atoms with Crippen molar-refractivity contribution in [3.63, 3.8) is 0 Å². The Labute approximate surface area is 123 Å². The van der Waals surface area contributed by atoms with Crippen molar-refractivity contribution in [1.82, 2.24) is 0 Å². The Morgan fingerprint density at radius 3 is 2.20 bits per heavy atom. The Balaban J connectivity index is 2.22. The van der Waals surface area contributed by atoms with Gasteiger partial charge in [0.25, 0.3) is 10.0 Å². The summed E-state index contributed by atoms with van der Waals surface area (Å²) in [5, 5.41) is 1.61. The number of rotatable bonds is 3. The van der Waals surface area contributed by atoms with Crippen LogP contribution in [0.1, 0.15) is 26.3 Å². The molecule has 0 aliphatic heterocycles. The molecule has 0 aliphatic carbocycles. The van der Waals surface area contributed by atoms with Crippen molar-refractivity contribution >= 4 is 32.7 Å². The Morgan fingerprint density at radius 1 is 1.15 bits per heavy atom. The van der Waals surface area contributed by atoms with E-state index in [1.807, 2.05) is 12.1 Å². The van der Waals surface area contributed by atoms with Crippen LogP contribution in [-0.4, -0.2) is 8.42 Å². The monoisotopic (exact) mass is 310 g/mol. The van der Waals surface area contributed by atoms with Gasteiger partial charge in [-0.25, -0.2) is 8.42 Å². The summed E-state index contributed by atoms with van der Waals surface area (Å²) in [7, 11) is -3.55. The molecule has 0 atom stereocenters. The molecule has 0 unspecified atom stereocenters. The average molecular weight is 310 g/mol. The van der Waals surface area contributed by atoms with Gasteiger partial charge in [0.05, 0.1) is 0 Å². The second kappa shape index (κ2) is 5.10. The minimum atomic E-state index is -3.55. The first-order chi connectivity index (χ1) is 9.18. The maximum Gasteiger partial charge on any atom is 0.271 e. The van der Waals surface area contributed by atoms with Crippen molar-refractivity contribution in [2.45, 2.75) is 30.4 Å². The summed E-state index contributed by atoms with van der Waals surface area (Å²) in [4.78, 5) is 0. The first-order valence-corrected chi connectivity index (χ1v) is 8.52. The van der Waals surface area contributed by atoms with E-state index in [1.54, 1.807) is 17.5 Å². The maximum atomic E-state index is 12.1. The molecule has 0 saturated heterocycles. The second-order valence-electron chi connectivity index (χ2n) is 5.63. The molecule has 6 heteroatoms. The largest absolute Gasteiger partial charge is 0.398 e. The minimum Gasteiger partial charge on any atom is -0.398 e. The highest BCUT2D eigenvalue weighted by Gasteiger charge is 2.17. The van der Waals surface area contributed by atoms with Crippen molar-refractivity contribution in [3.8, 4) is 0 Å². The highest BCUT2D eigenvalue weighted by molar-refractivity contribution is 7.94. The molecule has 0 radical (unpaired) electrons. The van der Waals surface area contributed by atoms with Gasteiger partial charge in [0.1, 0.15) is 4.21 Å². The molecule has 2 aromatic rings. The molecule has 0 aliphatic rings. The van der Waals surface area contributed by atoms with Crippen molar-refractivity contribution in [1.29, 1.82) is 0 Å². The lowest BCUT2D eigenvalue weighted by molar-refractivity contribution is 0.590. The summed E-state index contributed by atoms with van der Waals surface area (Å²) in [6, 6.07) is 8.86. The third kappa shape index (κ3) is 3.32. The SMILES string of the molecule is CC(C)(C)c1ccc(NS(=O)(=O)c2cc(N)cs2)cc1. The number of nitrogen functional groups attached to an aromatic ring is 1. The van der Waals surface area contributed by atoms with E-state index < -0.39 is 10.0 Å². The summed E-state index contributed by atoms with van der Waals surface area (Å²) < 4.78 is 27.1. The van der Waals surface area contributed by atoms with Crippen molar-refractivity contribution < 1.29 is 8.42 Å². The van der Waals surface area contributed by atoms with Gasteiger partial charge in [-0.05, 0) is 29.2 Å². The fraction of sp³-hybridized carbons (Fsp3) is 0.286. The summed E-state index contributed by atoms with van der Waals surface area (Å²) in [6.45, 7) is 6.34. The van der Waals surface area contributed by atoms with Crippen LogP contribution in [0.15, 0.2) is 39.9 Å². The number of hydrogen-bond donors (Lipinski definition) is 2. The van der Waals surface area contributed by atoms with Crippen molar-refractivity contribution in [2.75, 3.05) is 10.5 Å². The van der Waals surface area contributed by atoms with Crippen LogP contribution < -0.4 is 10.5 Å². The third-order valence-electron chi connectivity index (χ3n) is 2.86. The Morgan fingerprint density at radius 2 is 1.75 bits per heavy atom. The molecule has 20 heavy (non-hydrogen) atoms. The van der Waals surface area contributed by atoms with Gasteiger partial charge in [-0.1, -0.05) is 32.9 Å². The van der Waals surface area contributed by atoms with Crippen LogP contribution in [0.5, 0.6) is 0 Å². The van der Waals surface area contributed by atoms with E-state index >= 15 is 0 Å². The molecule has 1 heterocycles. The summed E-state index contributed by atoms with van der Waals surface area (Å²) >= 11 is 1.11. The third-order valence-corrected chi connectivity index (χ3v) is 5.70. The van der Waals surface area contributed by atoms with Crippen LogP contribution in [0.3, 0.4) is 0 Å². The van der Waals surface area contributed by atoms with E-state index in [2.05, 4.69) is 25.5 Å². The molecule has 0 fully saturated rings. The number of nitrogens with one attached hydrogen (secondary N) is 1. The number of benzene rings is 1. The van der Waals surface area contributed by atoms with Crippen LogP contribution in [0, 0.1) is 0 Å². The van der Waals surface area contributed by atoms with E-state index in [-0.39, 0.29) is 9.62 Å². The lowest BCUT2D eigenvalue weighted by Gasteiger charge is -2.19. The normalized spacial score (nSPS) is 12.3. The predicted molar refractivity (Wildman–Crippen MR) is 84.7 cm³/mol. The van der Waals surface area contributed by atoms with Crippen LogP contribution in [0.25, 0.3) is 0 Å². The van der Waals surface area contributed by atoms with Gasteiger partial charge in [-0.3, -0.25) is 4.72 Å². The van der Waals surface area contributed by atoms with Gasteiger partial charge in [-0.15, -0.1) is 11.3 Å². The Bertz CT molecular complexity index is 696. The molecule has 2 rings (SSSR count). The zero-order chi connectivity index (χ0) is 15.0. The van der Waals surface area contributed by atoms with E-state index in [0.29, 0.717) is 11.4 Å². The highest BCUT2D eigenvalue weighted by Crippen LogP contribution is 2.26. The quantitative estimate of drug-likeness (QED) is 0.912. The highest BCUT2D eigenvalue weighted by atomic mass is 32.2. The molecule has 0 spiro atoms. The maximum absolute atomic E-state index is 12.1. The Hall–Kier alpha value is -1.53. The molecule has 1 aromatic heterocycles. The van der Waals surface area contributed by atoms with Crippen LogP contribution in [0.4, 0.5) is 11.4 Å². The summed E-state index contributed by atoms with van der Waals surface area (Å²) in [6.07, 6.45) is 0. The minimum absolute atomic E-state index is 0.0413. The molecular weight excluding hydrogens is 292 g/mol. The summed E-state index contributed by atoms with van der Waals surface area (Å²) in [5.74, 6) is 0. The first kappa shape index (κ1) is 14.9. The topological polar surface area (TPSA) is 72.2 Å². The molecule has 108 valence electrons. The van der Waals surface area contributed by atoms with E-state index in [9.17, 15) is 8.42 Å². The number of thiophene rings is 1. The zero-order valence-electron chi connectivity index (χ0n) is 11.7. The lowest BCUT2D eigenvalue weighted by Crippen LogP contribution is -2.13. The zero-order valence-corrected chi connectivity index (χ0v) is 13.3. The average Bonchev–Trinajstić information content (AvgIpc) is 2.76. The van der Waals surface area contributed by atoms with Crippen LogP contribution in [0.2, 0.25) is 0 Å². The van der Waals surface area contributed by atoms with Crippen molar-refractivity contribution in [2.24, 2.45) is 0 Å². The molecule has 0 saturated carbocycles. The number of sulfonamides is 1. The van der Waals surface area contributed by atoms with E-state index in [4.69, 9.17) is 5.73 Å². The smallest absolute Gasteiger partial charge is 0.271 e. The van der Waals surface area contributed by atoms with Crippen LogP contribution in [-0.2, 0) is 15.4 Å². The molecule has 0 bridgehead atoms. The lowest BCUT2D eigenvalue weighted by atomic mass is 9.87. The fourth-order valence-electron chi connectivity index (χ4n) is 1.71. The van der Waals surface area contributed by atoms with Crippen LogP contribution >= 0.6 is 11.3 Å². The van der Waals surface area contributed by atoms with E-state index in [1.165, 1.54) is 6.07 Å². The number of hydrogen-bond acceptors (Lipinski definition) is 4. The fourth-order valence-corrected chi connectivity index (χ4v) is 3.85. The number of nitrogens with two attached hydrogens (primary N) is 1.